The zero-order valence-electron chi connectivity index (χ0n) is 9.63. The molecule has 1 aromatic carbocycles. The first kappa shape index (κ1) is 14.5. The summed E-state index contributed by atoms with van der Waals surface area (Å²) in [6.45, 7) is 1.16. The molecule has 1 N–H and O–H groups in total. The highest BCUT2D eigenvalue weighted by molar-refractivity contribution is 5.19. The molecule has 0 saturated heterocycles. The van der Waals surface area contributed by atoms with Crippen LogP contribution in [0, 0.1) is 23.1 Å². The van der Waals surface area contributed by atoms with Crippen molar-refractivity contribution in [2.45, 2.75) is 19.1 Å². The lowest BCUT2D eigenvalue weighted by Gasteiger charge is -2.18. The van der Waals surface area contributed by atoms with Crippen molar-refractivity contribution in [3.63, 3.8) is 0 Å². The summed E-state index contributed by atoms with van der Waals surface area (Å²) in [7, 11) is 0. The summed E-state index contributed by atoms with van der Waals surface area (Å²) in [5, 5.41) is 11.0. The quantitative estimate of drug-likeness (QED) is 0.844. The fourth-order valence-electron chi connectivity index (χ4n) is 1.40. The Morgan fingerprint density at radius 2 is 1.83 bits per heavy atom. The van der Waals surface area contributed by atoms with Crippen LogP contribution in [0.4, 0.5) is 17.6 Å². The largest absolute Gasteiger partial charge is 0.405 e. The molecule has 0 amide bonds. The molecule has 1 rings (SSSR count). The smallest absolute Gasteiger partial charge is 0.309 e. The van der Waals surface area contributed by atoms with E-state index >= 15 is 0 Å². The van der Waals surface area contributed by atoms with Gasteiger partial charge in [-0.3, -0.25) is 0 Å². The molecule has 0 aliphatic rings. The van der Waals surface area contributed by atoms with Gasteiger partial charge in [-0.1, -0.05) is 12.1 Å². The van der Waals surface area contributed by atoms with E-state index in [-0.39, 0.29) is 6.04 Å². The Morgan fingerprint density at radius 3 is 2.28 bits per heavy atom. The van der Waals surface area contributed by atoms with Crippen LogP contribution in [0.25, 0.3) is 0 Å². The van der Waals surface area contributed by atoms with Gasteiger partial charge in [0.2, 0.25) is 0 Å². The molecule has 0 spiro atoms. The Balaban J connectivity index is 2.58. The predicted octanol–water partition coefficient (Wildman–Crippen LogP) is 3.18. The average Bonchev–Trinajstić information content (AvgIpc) is 2.28. The molecule has 0 heterocycles. The molecule has 0 aliphatic heterocycles. The number of nitriles is 1. The van der Waals surface area contributed by atoms with Gasteiger partial charge in [0.1, 0.15) is 5.82 Å². The van der Waals surface area contributed by atoms with Crippen molar-refractivity contribution in [1.82, 2.24) is 5.32 Å². The van der Waals surface area contributed by atoms with Gasteiger partial charge in [0.05, 0.1) is 6.07 Å². The molecule has 0 fully saturated rings. The summed E-state index contributed by atoms with van der Waals surface area (Å²) >= 11 is 0. The second-order valence-corrected chi connectivity index (χ2v) is 3.90. The lowest BCUT2D eigenvalue weighted by Crippen LogP contribution is -2.33. The fraction of sp³-hybridized carbons (Fsp3) is 0.417. The molecule has 6 heteroatoms. The Labute approximate surface area is 102 Å². The maximum atomic E-state index is 12.7. The van der Waals surface area contributed by atoms with Gasteiger partial charge in [0, 0.05) is 12.6 Å². The topological polar surface area (TPSA) is 35.8 Å². The van der Waals surface area contributed by atoms with E-state index in [0.717, 1.165) is 0 Å². The van der Waals surface area contributed by atoms with E-state index in [4.69, 9.17) is 5.26 Å². The van der Waals surface area contributed by atoms with E-state index in [1.54, 1.807) is 6.92 Å². The van der Waals surface area contributed by atoms with Crippen LogP contribution >= 0.6 is 0 Å². The normalized spacial score (nSPS) is 14.9. The van der Waals surface area contributed by atoms with Gasteiger partial charge in [-0.25, -0.2) is 4.39 Å². The number of nitrogens with zero attached hydrogens (tertiary/aromatic N) is 1. The number of nitrogens with one attached hydrogen (secondary N) is 1. The molecule has 18 heavy (non-hydrogen) atoms. The molecule has 0 aromatic heterocycles. The minimum atomic E-state index is -4.54. The van der Waals surface area contributed by atoms with Crippen molar-refractivity contribution in [1.29, 1.82) is 5.26 Å². The maximum Gasteiger partial charge on any atom is 0.405 e. The average molecular weight is 260 g/mol. The summed E-state index contributed by atoms with van der Waals surface area (Å²) in [5.74, 6) is -2.45. The van der Waals surface area contributed by atoms with Crippen LogP contribution in [-0.4, -0.2) is 12.7 Å². The molecular weight excluding hydrogens is 248 g/mol. The van der Waals surface area contributed by atoms with E-state index in [0.29, 0.717) is 5.56 Å². The fourth-order valence-corrected chi connectivity index (χ4v) is 1.40. The van der Waals surface area contributed by atoms with E-state index in [1.165, 1.54) is 30.3 Å². The summed E-state index contributed by atoms with van der Waals surface area (Å²) in [4.78, 5) is 0. The number of alkyl halides is 3. The first-order valence-electron chi connectivity index (χ1n) is 5.29. The van der Waals surface area contributed by atoms with Crippen LogP contribution in [0.5, 0.6) is 0 Å². The second-order valence-electron chi connectivity index (χ2n) is 3.90. The Kier molecular flexibility index (Phi) is 4.68. The van der Waals surface area contributed by atoms with Gasteiger partial charge < -0.3 is 5.32 Å². The van der Waals surface area contributed by atoms with Gasteiger partial charge in [0.15, 0.2) is 5.92 Å². The van der Waals surface area contributed by atoms with E-state index in [2.05, 4.69) is 5.32 Å². The van der Waals surface area contributed by atoms with E-state index < -0.39 is 24.5 Å². The first-order chi connectivity index (χ1) is 8.34. The van der Waals surface area contributed by atoms with Crippen molar-refractivity contribution >= 4 is 0 Å². The van der Waals surface area contributed by atoms with E-state index in [9.17, 15) is 17.6 Å². The summed E-state index contributed by atoms with van der Waals surface area (Å²) in [6, 6.07) is 6.27. The highest BCUT2D eigenvalue weighted by Gasteiger charge is 2.39. The zero-order chi connectivity index (χ0) is 13.8. The lowest BCUT2D eigenvalue weighted by molar-refractivity contribution is -0.157. The summed E-state index contributed by atoms with van der Waals surface area (Å²) in [5.41, 5.74) is 0.662. The van der Waals surface area contributed by atoms with Gasteiger partial charge in [0.25, 0.3) is 0 Å². The lowest BCUT2D eigenvalue weighted by atomic mass is 10.1. The minimum absolute atomic E-state index is 0.385. The minimum Gasteiger partial charge on any atom is -0.309 e. The summed E-state index contributed by atoms with van der Waals surface area (Å²) < 4.78 is 49.6. The zero-order valence-corrected chi connectivity index (χ0v) is 9.63. The van der Waals surface area contributed by atoms with Crippen LogP contribution in [0.1, 0.15) is 18.5 Å². The van der Waals surface area contributed by atoms with Gasteiger partial charge in [-0.2, -0.15) is 18.4 Å². The van der Waals surface area contributed by atoms with Crippen LogP contribution in [-0.2, 0) is 0 Å². The van der Waals surface area contributed by atoms with Crippen LogP contribution in [0.2, 0.25) is 0 Å². The maximum absolute atomic E-state index is 12.7. The molecular formula is C12H12F4N2. The standard InChI is InChI=1S/C12H12F4N2/c1-8(9-2-4-11(13)5-3-9)18-7-10(6-17)12(14,15)16/h2-5,8,10,18H,7H2,1H3/t8-,10?/m0/s1. The molecule has 2 atom stereocenters. The van der Waals surface area contributed by atoms with Crippen molar-refractivity contribution in [3.8, 4) is 6.07 Å². The van der Waals surface area contributed by atoms with E-state index in [1.807, 2.05) is 0 Å². The molecule has 2 nitrogen and oxygen atoms in total. The first-order valence-corrected chi connectivity index (χ1v) is 5.29. The number of halogens is 4. The SMILES string of the molecule is C[C@H](NCC(C#N)C(F)(F)F)c1ccc(F)cc1. The number of hydrogen-bond donors (Lipinski definition) is 1. The third-order valence-electron chi connectivity index (χ3n) is 2.55. The van der Waals surface area contributed by atoms with Crippen LogP contribution in [0.3, 0.4) is 0 Å². The highest BCUT2D eigenvalue weighted by Crippen LogP contribution is 2.25. The molecule has 0 bridgehead atoms. The van der Waals surface area contributed by atoms with Gasteiger partial charge in [-0.15, -0.1) is 0 Å². The number of benzene rings is 1. The van der Waals surface area contributed by atoms with Crippen molar-refractivity contribution in [3.05, 3.63) is 35.6 Å². The molecule has 0 aliphatic carbocycles. The third-order valence-corrected chi connectivity index (χ3v) is 2.55. The molecule has 0 saturated carbocycles. The molecule has 1 aromatic rings. The van der Waals surface area contributed by atoms with Crippen molar-refractivity contribution in [2.24, 2.45) is 5.92 Å². The Morgan fingerprint density at radius 1 is 1.28 bits per heavy atom. The van der Waals surface area contributed by atoms with Gasteiger partial charge >= 0.3 is 6.18 Å². The van der Waals surface area contributed by atoms with Crippen molar-refractivity contribution < 1.29 is 17.6 Å². The number of rotatable bonds is 4. The Hall–Kier alpha value is -1.61. The third kappa shape index (κ3) is 4.00. The van der Waals surface area contributed by atoms with Crippen molar-refractivity contribution in [2.75, 3.05) is 6.54 Å². The molecule has 98 valence electrons. The molecule has 0 radical (unpaired) electrons. The number of hydrogen-bond acceptors (Lipinski definition) is 2. The van der Waals surface area contributed by atoms with Gasteiger partial charge in [-0.05, 0) is 24.6 Å². The highest BCUT2D eigenvalue weighted by atomic mass is 19.4. The monoisotopic (exact) mass is 260 g/mol. The predicted molar refractivity (Wildman–Crippen MR) is 58.0 cm³/mol. The Bertz CT molecular complexity index is 419. The van der Waals surface area contributed by atoms with Crippen LogP contribution in [0.15, 0.2) is 24.3 Å². The van der Waals surface area contributed by atoms with Crippen LogP contribution < -0.4 is 5.32 Å². The summed E-state index contributed by atoms with van der Waals surface area (Å²) in [6.07, 6.45) is -4.54. The molecule has 1 unspecified atom stereocenters. The second kappa shape index (κ2) is 5.83.